The summed E-state index contributed by atoms with van der Waals surface area (Å²) in [5.74, 6) is 0.0188. The third-order valence-electron chi connectivity index (χ3n) is 5.09. The Morgan fingerprint density at radius 3 is 2.57 bits per heavy atom. The first-order chi connectivity index (χ1) is 13.6. The van der Waals surface area contributed by atoms with E-state index in [4.69, 9.17) is 11.6 Å². The monoisotopic (exact) mass is 399 g/mol. The Hall–Kier alpha value is -2.37. The maximum absolute atomic E-state index is 13.0. The van der Waals surface area contributed by atoms with E-state index in [-0.39, 0.29) is 17.9 Å². The van der Waals surface area contributed by atoms with Crippen LogP contribution in [-0.4, -0.2) is 47.8 Å². The summed E-state index contributed by atoms with van der Waals surface area (Å²) in [5, 5.41) is 4.01. The number of rotatable bonds is 6. The van der Waals surface area contributed by atoms with E-state index in [0.29, 0.717) is 37.6 Å². The van der Waals surface area contributed by atoms with Crippen molar-refractivity contribution in [2.45, 2.75) is 25.9 Å². The number of hydrogen-bond donors (Lipinski definition) is 1. The summed E-state index contributed by atoms with van der Waals surface area (Å²) < 4.78 is 0. The molecule has 0 spiro atoms. The van der Waals surface area contributed by atoms with Gasteiger partial charge in [-0.1, -0.05) is 60.1 Å². The number of hydrogen-bond acceptors (Lipinski definition) is 3. The summed E-state index contributed by atoms with van der Waals surface area (Å²) in [6, 6.07) is 17.4. The van der Waals surface area contributed by atoms with Crippen LogP contribution in [0.2, 0.25) is 5.02 Å². The number of carbonyl (C=O) groups is 2. The molecule has 1 atom stereocenters. The van der Waals surface area contributed by atoms with Crippen LogP contribution in [0.5, 0.6) is 0 Å². The number of benzene rings is 2. The third-order valence-corrected chi connectivity index (χ3v) is 5.43. The zero-order valence-corrected chi connectivity index (χ0v) is 16.9. The lowest BCUT2D eigenvalue weighted by molar-refractivity contribution is -0.136. The summed E-state index contributed by atoms with van der Waals surface area (Å²) in [6.07, 6.45) is 0.299. The maximum Gasteiger partial charge on any atom is 0.224 e. The van der Waals surface area contributed by atoms with Gasteiger partial charge >= 0.3 is 0 Å². The number of nitrogens with one attached hydrogen (secondary N) is 1. The van der Waals surface area contributed by atoms with Crippen molar-refractivity contribution in [2.75, 3.05) is 26.2 Å². The molecule has 2 amide bonds. The fourth-order valence-corrected chi connectivity index (χ4v) is 3.81. The fourth-order valence-electron chi connectivity index (χ4n) is 3.55. The van der Waals surface area contributed by atoms with Gasteiger partial charge in [0, 0.05) is 51.1 Å². The van der Waals surface area contributed by atoms with Crippen LogP contribution in [0.25, 0.3) is 0 Å². The number of amides is 2. The lowest BCUT2D eigenvalue weighted by Gasteiger charge is -2.37. The third kappa shape index (κ3) is 5.12. The van der Waals surface area contributed by atoms with Crippen LogP contribution in [-0.2, 0) is 16.1 Å². The van der Waals surface area contributed by atoms with E-state index in [2.05, 4.69) is 5.32 Å². The number of halogens is 1. The summed E-state index contributed by atoms with van der Waals surface area (Å²) in [5.41, 5.74) is 2.01. The molecular formula is C22H26ClN3O2. The molecule has 148 valence electrons. The normalized spacial score (nSPS) is 16.6. The van der Waals surface area contributed by atoms with Crippen LogP contribution >= 0.6 is 11.6 Å². The van der Waals surface area contributed by atoms with E-state index >= 15 is 0 Å². The second-order valence-corrected chi connectivity index (χ2v) is 7.41. The van der Waals surface area contributed by atoms with Gasteiger partial charge in [0.25, 0.3) is 0 Å². The molecule has 2 aromatic rings. The van der Waals surface area contributed by atoms with Gasteiger partial charge in [0.2, 0.25) is 11.8 Å². The summed E-state index contributed by atoms with van der Waals surface area (Å²) in [6.45, 7) is 4.53. The van der Waals surface area contributed by atoms with Gasteiger partial charge in [-0.3, -0.25) is 9.59 Å². The van der Waals surface area contributed by atoms with Crippen molar-refractivity contribution in [2.24, 2.45) is 0 Å². The summed E-state index contributed by atoms with van der Waals surface area (Å²) in [4.78, 5) is 28.6. The van der Waals surface area contributed by atoms with Crippen molar-refractivity contribution >= 4 is 23.4 Å². The highest BCUT2D eigenvalue weighted by Crippen LogP contribution is 2.29. The minimum absolute atomic E-state index is 0.0281. The minimum atomic E-state index is -0.0881. The van der Waals surface area contributed by atoms with Crippen LogP contribution in [0.15, 0.2) is 54.6 Å². The van der Waals surface area contributed by atoms with Crippen LogP contribution in [0.3, 0.4) is 0 Å². The Balaban J connectivity index is 1.66. The molecule has 1 N–H and O–H groups in total. The highest BCUT2D eigenvalue weighted by atomic mass is 35.5. The van der Waals surface area contributed by atoms with E-state index in [1.807, 2.05) is 59.5 Å². The van der Waals surface area contributed by atoms with Gasteiger partial charge in [0.15, 0.2) is 0 Å². The highest BCUT2D eigenvalue weighted by molar-refractivity contribution is 6.31. The van der Waals surface area contributed by atoms with Gasteiger partial charge in [-0.15, -0.1) is 0 Å². The van der Waals surface area contributed by atoms with Crippen molar-refractivity contribution in [3.05, 3.63) is 70.7 Å². The smallest absolute Gasteiger partial charge is 0.224 e. The molecule has 6 heteroatoms. The Morgan fingerprint density at radius 1 is 1.14 bits per heavy atom. The van der Waals surface area contributed by atoms with Gasteiger partial charge < -0.3 is 15.1 Å². The lowest BCUT2D eigenvalue weighted by Crippen LogP contribution is -2.49. The molecule has 28 heavy (non-hydrogen) atoms. The molecule has 1 saturated heterocycles. The molecule has 5 nitrogen and oxygen atoms in total. The minimum Gasteiger partial charge on any atom is -0.338 e. The topological polar surface area (TPSA) is 52.7 Å². The predicted molar refractivity (Wildman–Crippen MR) is 111 cm³/mol. The van der Waals surface area contributed by atoms with Crippen molar-refractivity contribution in [1.29, 1.82) is 0 Å². The van der Waals surface area contributed by atoms with Crippen molar-refractivity contribution in [1.82, 2.24) is 15.1 Å². The van der Waals surface area contributed by atoms with Crippen LogP contribution in [0, 0.1) is 0 Å². The molecule has 1 heterocycles. The van der Waals surface area contributed by atoms with Gasteiger partial charge in [-0.2, -0.15) is 0 Å². The molecule has 1 aliphatic heterocycles. The first-order valence-corrected chi connectivity index (χ1v) is 9.98. The van der Waals surface area contributed by atoms with Gasteiger partial charge in [-0.25, -0.2) is 0 Å². The molecule has 2 aromatic carbocycles. The molecule has 1 fully saturated rings. The Kier molecular flexibility index (Phi) is 7.06. The fraction of sp³-hybridized carbons (Fsp3) is 0.364. The number of nitrogens with zero attached hydrogens (tertiary/aromatic N) is 2. The van der Waals surface area contributed by atoms with E-state index in [1.165, 1.54) is 0 Å². The average Bonchev–Trinajstić information content (AvgIpc) is 2.72. The molecule has 0 aromatic heterocycles. The summed E-state index contributed by atoms with van der Waals surface area (Å²) >= 11 is 6.37. The first kappa shape index (κ1) is 20.4. The molecule has 3 rings (SSSR count). The number of carbonyl (C=O) groups excluding carboxylic acids is 2. The van der Waals surface area contributed by atoms with Crippen molar-refractivity contribution in [3.8, 4) is 0 Å². The molecule has 0 aliphatic carbocycles. The zero-order valence-electron chi connectivity index (χ0n) is 16.1. The van der Waals surface area contributed by atoms with Crippen LogP contribution in [0.4, 0.5) is 0 Å². The molecule has 0 bridgehead atoms. The van der Waals surface area contributed by atoms with Gasteiger partial charge in [0.05, 0.1) is 6.04 Å². The quantitative estimate of drug-likeness (QED) is 0.811. The average molecular weight is 400 g/mol. The standard InChI is InChI=1S/C22H26ClN3O2/c1-17(27)25(16-18-7-3-2-4-8-18)13-11-22(28)26-14-12-24-15-21(26)19-9-5-6-10-20(19)23/h2-10,21,24H,11-16H2,1H3. The Labute approximate surface area is 171 Å². The van der Waals surface area contributed by atoms with Crippen LogP contribution < -0.4 is 5.32 Å². The predicted octanol–water partition coefficient (Wildman–Crippen LogP) is 3.25. The van der Waals surface area contributed by atoms with E-state index in [0.717, 1.165) is 17.7 Å². The molecule has 1 aliphatic rings. The summed E-state index contributed by atoms with van der Waals surface area (Å²) in [7, 11) is 0. The first-order valence-electron chi connectivity index (χ1n) is 9.60. The molecule has 0 radical (unpaired) electrons. The highest BCUT2D eigenvalue weighted by Gasteiger charge is 2.29. The lowest BCUT2D eigenvalue weighted by atomic mass is 10.0. The van der Waals surface area contributed by atoms with Gasteiger partial charge in [-0.05, 0) is 17.2 Å². The van der Waals surface area contributed by atoms with E-state index in [1.54, 1.807) is 11.8 Å². The largest absolute Gasteiger partial charge is 0.338 e. The molecule has 0 saturated carbocycles. The Bertz CT molecular complexity index is 812. The second-order valence-electron chi connectivity index (χ2n) is 7.00. The molecule has 1 unspecified atom stereocenters. The molecular weight excluding hydrogens is 374 g/mol. The number of piperazine rings is 1. The van der Waals surface area contributed by atoms with E-state index < -0.39 is 0 Å². The van der Waals surface area contributed by atoms with E-state index in [9.17, 15) is 9.59 Å². The second kappa shape index (κ2) is 9.71. The maximum atomic E-state index is 13.0. The Morgan fingerprint density at radius 2 is 1.86 bits per heavy atom. The van der Waals surface area contributed by atoms with Crippen LogP contribution in [0.1, 0.15) is 30.5 Å². The van der Waals surface area contributed by atoms with Gasteiger partial charge in [0.1, 0.15) is 0 Å². The van der Waals surface area contributed by atoms with Crippen molar-refractivity contribution < 1.29 is 9.59 Å². The SMILES string of the molecule is CC(=O)N(CCC(=O)N1CCNCC1c1ccccc1Cl)Cc1ccccc1. The zero-order chi connectivity index (χ0) is 19.9. The van der Waals surface area contributed by atoms with Crippen molar-refractivity contribution in [3.63, 3.8) is 0 Å².